The van der Waals surface area contributed by atoms with Crippen LogP contribution in [0.4, 0.5) is 10.5 Å². The molecule has 20 heavy (non-hydrogen) atoms. The number of nitrogens with two attached hydrogens (primary N) is 2. The second-order valence-electron chi connectivity index (χ2n) is 4.27. The third-order valence-electron chi connectivity index (χ3n) is 2.86. The molecule has 0 fully saturated rings. The van der Waals surface area contributed by atoms with E-state index in [0.29, 0.717) is 17.1 Å². The van der Waals surface area contributed by atoms with Crippen molar-refractivity contribution in [3.63, 3.8) is 0 Å². The Morgan fingerprint density at radius 2 is 1.95 bits per heavy atom. The summed E-state index contributed by atoms with van der Waals surface area (Å²) in [6.45, 7) is 0. The molecule has 0 aliphatic heterocycles. The van der Waals surface area contributed by atoms with Gasteiger partial charge in [-0.25, -0.2) is 9.78 Å². The first kappa shape index (κ1) is 12.0. The van der Waals surface area contributed by atoms with Crippen LogP contribution in [0.2, 0.25) is 0 Å². The van der Waals surface area contributed by atoms with Crippen molar-refractivity contribution in [3.05, 3.63) is 48.8 Å². The Bertz CT molecular complexity index is 777. The molecule has 3 aromatic rings. The number of anilines is 1. The normalized spacial score (nSPS) is 10.6. The molecule has 0 spiro atoms. The van der Waals surface area contributed by atoms with Crippen LogP contribution in [0.1, 0.15) is 0 Å². The van der Waals surface area contributed by atoms with Crippen LogP contribution >= 0.6 is 0 Å². The number of carbonyl (C=O) groups is 1. The van der Waals surface area contributed by atoms with Crippen molar-refractivity contribution in [1.29, 1.82) is 0 Å². The molecule has 100 valence electrons. The van der Waals surface area contributed by atoms with E-state index in [-0.39, 0.29) is 0 Å². The third-order valence-corrected chi connectivity index (χ3v) is 2.86. The summed E-state index contributed by atoms with van der Waals surface area (Å²) in [5.41, 5.74) is 13.6. The maximum absolute atomic E-state index is 10.9. The Hall–Kier alpha value is -3.02. The summed E-state index contributed by atoms with van der Waals surface area (Å²) in [4.78, 5) is 15.3. The van der Waals surface area contributed by atoms with Gasteiger partial charge in [-0.15, -0.1) is 0 Å². The van der Waals surface area contributed by atoms with E-state index in [4.69, 9.17) is 16.2 Å². The molecule has 0 atom stereocenters. The Kier molecular flexibility index (Phi) is 2.76. The van der Waals surface area contributed by atoms with Crippen molar-refractivity contribution in [3.8, 4) is 17.0 Å². The van der Waals surface area contributed by atoms with E-state index in [1.807, 2.05) is 24.5 Å². The van der Waals surface area contributed by atoms with Crippen molar-refractivity contribution in [2.75, 3.05) is 5.73 Å². The van der Waals surface area contributed by atoms with E-state index < -0.39 is 6.09 Å². The molecule has 0 bridgehead atoms. The zero-order valence-electron chi connectivity index (χ0n) is 10.5. The lowest BCUT2D eigenvalue weighted by Gasteiger charge is -2.01. The van der Waals surface area contributed by atoms with Gasteiger partial charge in [0.2, 0.25) is 0 Å². The monoisotopic (exact) mass is 268 g/mol. The Morgan fingerprint density at radius 3 is 2.65 bits per heavy atom. The highest BCUT2D eigenvalue weighted by Crippen LogP contribution is 2.25. The number of benzene rings is 1. The summed E-state index contributed by atoms with van der Waals surface area (Å²) < 4.78 is 6.70. The molecule has 4 N–H and O–H groups in total. The van der Waals surface area contributed by atoms with Gasteiger partial charge < -0.3 is 20.6 Å². The molecule has 0 unspecified atom stereocenters. The zero-order valence-corrected chi connectivity index (χ0v) is 10.5. The van der Waals surface area contributed by atoms with E-state index in [2.05, 4.69) is 4.98 Å². The maximum atomic E-state index is 10.9. The smallest absolute Gasteiger partial charge is 0.406 e. The molecule has 0 aliphatic carbocycles. The van der Waals surface area contributed by atoms with Crippen molar-refractivity contribution in [2.24, 2.45) is 5.73 Å². The number of carbonyl (C=O) groups excluding carboxylic acids is 1. The molecule has 0 saturated heterocycles. The SMILES string of the molecule is NC(=O)Oc1cccn2cc(-c3ccc(N)cc3)nc12. The van der Waals surface area contributed by atoms with Gasteiger partial charge in [-0.05, 0) is 24.3 Å². The Labute approximate surface area is 114 Å². The number of pyridine rings is 1. The number of nitrogens with zero attached hydrogens (tertiary/aromatic N) is 2. The molecule has 6 heteroatoms. The van der Waals surface area contributed by atoms with Crippen molar-refractivity contribution < 1.29 is 9.53 Å². The summed E-state index contributed by atoms with van der Waals surface area (Å²) >= 11 is 0. The lowest BCUT2D eigenvalue weighted by Crippen LogP contribution is -2.16. The number of amides is 1. The van der Waals surface area contributed by atoms with Crippen LogP contribution < -0.4 is 16.2 Å². The minimum absolute atomic E-state index is 0.321. The average Bonchev–Trinajstić information content (AvgIpc) is 2.84. The molecule has 0 saturated carbocycles. The number of ether oxygens (including phenoxy) is 1. The topological polar surface area (TPSA) is 95.6 Å². The maximum Gasteiger partial charge on any atom is 0.410 e. The van der Waals surface area contributed by atoms with Crippen molar-refractivity contribution in [1.82, 2.24) is 9.38 Å². The highest BCUT2D eigenvalue weighted by Gasteiger charge is 2.10. The Morgan fingerprint density at radius 1 is 1.20 bits per heavy atom. The lowest BCUT2D eigenvalue weighted by atomic mass is 10.1. The minimum Gasteiger partial charge on any atom is -0.406 e. The second kappa shape index (κ2) is 4.58. The van der Waals surface area contributed by atoms with E-state index in [1.54, 1.807) is 28.7 Å². The predicted molar refractivity (Wildman–Crippen MR) is 75.3 cm³/mol. The first-order chi connectivity index (χ1) is 9.63. The van der Waals surface area contributed by atoms with Crippen LogP contribution in [0.5, 0.6) is 5.75 Å². The van der Waals surface area contributed by atoms with Crippen molar-refractivity contribution >= 4 is 17.4 Å². The number of primary amides is 1. The number of rotatable bonds is 2. The molecule has 0 radical (unpaired) electrons. The van der Waals surface area contributed by atoms with E-state index in [9.17, 15) is 4.79 Å². The predicted octanol–water partition coefficient (Wildman–Crippen LogP) is 2.04. The Balaban J connectivity index is 2.10. The van der Waals surface area contributed by atoms with Gasteiger partial charge in [0.25, 0.3) is 0 Å². The number of nitrogen functional groups attached to an aromatic ring is 1. The van der Waals surface area contributed by atoms with Gasteiger partial charge in [0, 0.05) is 23.6 Å². The van der Waals surface area contributed by atoms with Crippen LogP contribution in [0, 0.1) is 0 Å². The largest absolute Gasteiger partial charge is 0.410 e. The number of imidazole rings is 1. The molecular weight excluding hydrogens is 256 g/mol. The van der Waals surface area contributed by atoms with Crippen molar-refractivity contribution in [2.45, 2.75) is 0 Å². The fourth-order valence-electron chi connectivity index (χ4n) is 1.97. The van der Waals surface area contributed by atoms with Crippen LogP contribution in [0.25, 0.3) is 16.9 Å². The summed E-state index contributed by atoms with van der Waals surface area (Å²) in [5.74, 6) is 0.321. The van der Waals surface area contributed by atoms with E-state index in [1.165, 1.54) is 0 Å². The second-order valence-corrected chi connectivity index (χ2v) is 4.27. The van der Waals surface area contributed by atoms with Gasteiger partial charge in [0.15, 0.2) is 11.4 Å². The van der Waals surface area contributed by atoms with Crippen LogP contribution in [0.3, 0.4) is 0 Å². The molecule has 2 aromatic heterocycles. The van der Waals surface area contributed by atoms with Gasteiger partial charge in [-0.1, -0.05) is 12.1 Å². The highest BCUT2D eigenvalue weighted by molar-refractivity contribution is 5.73. The average molecular weight is 268 g/mol. The summed E-state index contributed by atoms with van der Waals surface area (Å²) in [7, 11) is 0. The van der Waals surface area contributed by atoms with Gasteiger partial charge in [-0.3, -0.25) is 0 Å². The minimum atomic E-state index is -0.866. The molecule has 3 rings (SSSR count). The summed E-state index contributed by atoms with van der Waals surface area (Å²) in [6.07, 6.45) is 2.79. The number of aromatic nitrogens is 2. The molecule has 1 aromatic carbocycles. The van der Waals surface area contributed by atoms with Gasteiger partial charge in [0.05, 0.1) is 5.69 Å². The number of fused-ring (bicyclic) bond motifs is 1. The standard InChI is InChI=1S/C14H12N4O2/c15-10-5-3-9(4-6-10)11-8-18-7-1-2-12(13(18)17-11)20-14(16)19/h1-8H,15H2,(H2,16,19). The first-order valence-corrected chi connectivity index (χ1v) is 5.94. The van der Waals surface area contributed by atoms with E-state index >= 15 is 0 Å². The summed E-state index contributed by atoms with van der Waals surface area (Å²) in [6, 6.07) is 10.8. The molecule has 6 nitrogen and oxygen atoms in total. The number of hydrogen-bond acceptors (Lipinski definition) is 4. The van der Waals surface area contributed by atoms with E-state index in [0.717, 1.165) is 11.3 Å². The third kappa shape index (κ3) is 2.14. The molecule has 1 amide bonds. The highest BCUT2D eigenvalue weighted by atomic mass is 16.5. The van der Waals surface area contributed by atoms with Gasteiger partial charge >= 0.3 is 6.09 Å². The molecule has 0 aliphatic rings. The first-order valence-electron chi connectivity index (χ1n) is 5.94. The molecule has 2 heterocycles. The fraction of sp³-hybridized carbons (Fsp3) is 0. The van der Waals surface area contributed by atoms with Gasteiger partial charge in [-0.2, -0.15) is 0 Å². The summed E-state index contributed by atoms with van der Waals surface area (Å²) in [5, 5.41) is 0. The van der Waals surface area contributed by atoms with Crippen LogP contribution in [-0.2, 0) is 0 Å². The van der Waals surface area contributed by atoms with Crippen LogP contribution in [0.15, 0.2) is 48.8 Å². The lowest BCUT2D eigenvalue weighted by molar-refractivity contribution is 0.211. The quantitative estimate of drug-likeness (QED) is 0.695. The van der Waals surface area contributed by atoms with Gasteiger partial charge in [0.1, 0.15) is 0 Å². The molecular formula is C14H12N4O2. The zero-order chi connectivity index (χ0) is 14.1. The fourth-order valence-corrected chi connectivity index (χ4v) is 1.97. The number of hydrogen-bond donors (Lipinski definition) is 2. The van der Waals surface area contributed by atoms with Crippen LogP contribution in [-0.4, -0.2) is 15.5 Å².